The maximum absolute atomic E-state index is 12.5. The molecule has 2 heterocycles. The fourth-order valence-electron chi connectivity index (χ4n) is 2.65. The minimum atomic E-state index is -0.0583. The first-order valence-corrected chi connectivity index (χ1v) is 7.27. The van der Waals surface area contributed by atoms with Crippen LogP contribution in [0.2, 0.25) is 5.02 Å². The zero-order chi connectivity index (χ0) is 13.4. The van der Waals surface area contributed by atoms with Crippen LogP contribution >= 0.6 is 11.6 Å². The van der Waals surface area contributed by atoms with Crippen LogP contribution in [-0.4, -0.2) is 29.4 Å². The quantitative estimate of drug-likeness (QED) is 0.898. The molecular formula is C13H19ClN4O. The molecule has 3 rings (SSSR count). The molecule has 1 saturated carbocycles. The lowest BCUT2D eigenvalue weighted by Gasteiger charge is -2.19. The number of rotatable bonds is 4. The lowest BCUT2D eigenvalue weighted by atomic mass is 10.1. The van der Waals surface area contributed by atoms with Crippen molar-refractivity contribution in [2.45, 2.75) is 25.8 Å². The average molecular weight is 283 g/mol. The Labute approximate surface area is 117 Å². The van der Waals surface area contributed by atoms with Crippen molar-refractivity contribution in [2.75, 3.05) is 24.5 Å². The van der Waals surface area contributed by atoms with Gasteiger partial charge in [0.15, 0.2) is 0 Å². The van der Waals surface area contributed by atoms with Crippen molar-refractivity contribution in [3.8, 4) is 0 Å². The third kappa shape index (κ3) is 2.62. The Morgan fingerprint density at radius 1 is 1.37 bits per heavy atom. The van der Waals surface area contributed by atoms with Gasteiger partial charge in [-0.25, -0.2) is 4.68 Å². The maximum atomic E-state index is 12.5. The van der Waals surface area contributed by atoms with E-state index >= 15 is 0 Å². The molecule has 6 heteroatoms. The second-order valence-electron chi connectivity index (χ2n) is 5.61. The minimum Gasteiger partial charge on any atom is -0.365 e. The second-order valence-corrected chi connectivity index (χ2v) is 6.02. The van der Waals surface area contributed by atoms with Crippen LogP contribution < -0.4 is 16.2 Å². The highest BCUT2D eigenvalue weighted by Gasteiger charge is 2.28. The number of anilines is 1. The van der Waals surface area contributed by atoms with Crippen LogP contribution in [0.5, 0.6) is 0 Å². The van der Waals surface area contributed by atoms with Gasteiger partial charge in [-0.2, -0.15) is 5.10 Å². The van der Waals surface area contributed by atoms with E-state index in [-0.39, 0.29) is 5.56 Å². The van der Waals surface area contributed by atoms with Crippen LogP contribution in [0.1, 0.15) is 19.3 Å². The Morgan fingerprint density at radius 3 is 2.79 bits per heavy atom. The molecule has 1 aliphatic carbocycles. The zero-order valence-electron chi connectivity index (χ0n) is 10.9. The highest BCUT2D eigenvalue weighted by molar-refractivity contribution is 6.33. The predicted molar refractivity (Wildman–Crippen MR) is 75.6 cm³/mol. The third-order valence-electron chi connectivity index (χ3n) is 4.04. The molecule has 1 aromatic rings. The van der Waals surface area contributed by atoms with E-state index in [0.29, 0.717) is 29.1 Å². The topological polar surface area (TPSA) is 64.2 Å². The zero-order valence-corrected chi connectivity index (χ0v) is 11.6. The van der Waals surface area contributed by atoms with E-state index < -0.39 is 0 Å². The number of hydrogen-bond donors (Lipinski definition) is 1. The van der Waals surface area contributed by atoms with Crippen molar-refractivity contribution in [1.29, 1.82) is 0 Å². The molecule has 0 aromatic carbocycles. The number of aromatic nitrogens is 2. The summed E-state index contributed by atoms with van der Waals surface area (Å²) in [4.78, 5) is 14.5. The highest BCUT2D eigenvalue weighted by atomic mass is 35.5. The average Bonchev–Trinajstić information content (AvgIpc) is 3.09. The van der Waals surface area contributed by atoms with Gasteiger partial charge >= 0.3 is 0 Å². The van der Waals surface area contributed by atoms with Crippen LogP contribution in [0.4, 0.5) is 5.69 Å². The van der Waals surface area contributed by atoms with Gasteiger partial charge in [0.1, 0.15) is 5.69 Å². The van der Waals surface area contributed by atoms with E-state index in [9.17, 15) is 4.79 Å². The van der Waals surface area contributed by atoms with Crippen molar-refractivity contribution in [3.63, 3.8) is 0 Å². The lowest BCUT2D eigenvalue weighted by molar-refractivity contribution is 0.532. The first-order chi connectivity index (χ1) is 9.19. The van der Waals surface area contributed by atoms with Crippen molar-refractivity contribution < 1.29 is 0 Å². The highest BCUT2D eigenvalue weighted by Crippen LogP contribution is 2.31. The molecule has 1 saturated heterocycles. The molecule has 5 nitrogen and oxygen atoms in total. The standard InChI is InChI=1S/C13H19ClN4O/c14-11-6-16-18(8-9-1-2-9)13(19)12(11)17-4-3-10(5-15)7-17/h6,9-10H,1-5,7-8,15H2. The van der Waals surface area contributed by atoms with Crippen LogP contribution in [0, 0.1) is 11.8 Å². The molecule has 0 amide bonds. The molecule has 1 aromatic heterocycles. The molecule has 1 aliphatic heterocycles. The summed E-state index contributed by atoms with van der Waals surface area (Å²) in [5, 5.41) is 4.60. The second kappa shape index (κ2) is 5.13. The van der Waals surface area contributed by atoms with Crippen LogP contribution in [0.3, 0.4) is 0 Å². The number of nitrogens with two attached hydrogens (primary N) is 1. The molecule has 0 radical (unpaired) electrons. The Morgan fingerprint density at radius 2 is 2.16 bits per heavy atom. The molecular weight excluding hydrogens is 264 g/mol. The Bertz CT molecular complexity index is 526. The van der Waals surface area contributed by atoms with Gasteiger partial charge in [0.2, 0.25) is 0 Å². The normalized spacial score (nSPS) is 23.1. The van der Waals surface area contributed by atoms with Crippen molar-refractivity contribution in [2.24, 2.45) is 17.6 Å². The fraction of sp³-hybridized carbons (Fsp3) is 0.692. The summed E-state index contributed by atoms with van der Waals surface area (Å²) in [6.45, 7) is 3.05. The molecule has 2 N–H and O–H groups in total. The Kier molecular flexibility index (Phi) is 3.50. The molecule has 2 fully saturated rings. The van der Waals surface area contributed by atoms with E-state index in [0.717, 1.165) is 26.1 Å². The molecule has 0 spiro atoms. The Balaban J connectivity index is 1.88. The molecule has 104 valence electrons. The monoisotopic (exact) mass is 282 g/mol. The van der Waals surface area contributed by atoms with E-state index in [4.69, 9.17) is 17.3 Å². The molecule has 2 aliphatic rings. The van der Waals surface area contributed by atoms with Crippen LogP contribution in [0.15, 0.2) is 11.0 Å². The summed E-state index contributed by atoms with van der Waals surface area (Å²) >= 11 is 6.18. The SMILES string of the molecule is NCC1CCN(c2c(Cl)cnn(CC3CC3)c2=O)C1. The van der Waals surface area contributed by atoms with E-state index in [1.807, 2.05) is 0 Å². The maximum Gasteiger partial charge on any atom is 0.291 e. The molecule has 1 unspecified atom stereocenters. The van der Waals surface area contributed by atoms with Crippen molar-refractivity contribution >= 4 is 17.3 Å². The van der Waals surface area contributed by atoms with Crippen LogP contribution in [-0.2, 0) is 6.54 Å². The summed E-state index contributed by atoms with van der Waals surface area (Å²) in [6.07, 6.45) is 5.02. The fourth-order valence-corrected chi connectivity index (χ4v) is 2.89. The minimum absolute atomic E-state index is 0.0583. The number of nitrogens with zero attached hydrogens (tertiary/aromatic N) is 3. The van der Waals surface area contributed by atoms with Gasteiger partial charge in [-0.3, -0.25) is 4.79 Å². The first kappa shape index (κ1) is 12.9. The lowest BCUT2D eigenvalue weighted by Crippen LogP contribution is -2.33. The van der Waals surface area contributed by atoms with Gasteiger partial charge in [0, 0.05) is 19.6 Å². The summed E-state index contributed by atoms with van der Waals surface area (Å²) < 4.78 is 1.56. The molecule has 0 bridgehead atoms. The summed E-state index contributed by atoms with van der Waals surface area (Å²) in [5.74, 6) is 1.08. The number of hydrogen-bond acceptors (Lipinski definition) is 4. The van der Waals surface area contributed by atoms with E-state index in [1.54, 1.807) is 10.9 Å². The third-order valence-corrected chi connectivity index (χ3v) is 4.31. The van der Waals surface area contributed by atoms with Gasteiger partial charge in [-0.05, 0) is 37.6 Å². The van der Waals surface area contributed by atoms with E-state index in [2.05, 4.69) is 10.00 Å². The predicted octanol–water partition coefficient (Wildman–Crippen LogP) is 1.09. The first-order valence-electron chi connectivity index (χ1n) is 6.89. The van der Waals surface area contributed by atoms with Gasteiger partial charge in [-0.15, -0.1) is 0 Å². The van der Waals surface area contributed by atoms with Gasteiger partial charge in [-0.1, -0.05) is 11.6 Å². The summed E-state index contributed by atoms with van der Waals surface area (Å²) in [7, 11) is 0. The Hall–Kier alpha value is -1.07. The summed E-state index contributed by atoms with van der Waals surface area (Å²) in [5.41, 5.74) is 6.25. The van der Waals surface area contributed by atoms with Crippen molar-refractivity contribution in [1.82, 2.24) is 9.78 Å². The smallest absolute Gasteiger partial charge is 0.291 e. The van der Waals surface area contributed by atoms with Crippen LogP contribution in [0.25, 0.3) is 0 Å². The van der Waals surface area contributed by atoms with Gasteiger partial charge < -0.3 is 10.6 Å². The summed E-state index contributed by atoms with van der Waals surface area (Å²) in [6, 6.07) is 0. The number of halogens is 1. The van der Waals surface area contributed by atoms with Gasteiger partial charge in [0.05, 0.1) is 11.2 Å². The molecule has 1 atom stereocenters. The largest absolute Gasteiger partial charge is 0.365 e. The van der Waals surface area contributed by atoms with Crippen molar-refractivity contribution in [3.05, 3.63) is 21.6 Å². The van der Waals surface area contributed by atoms with Gasteiger partial charge in [0.25, 0.3) is 5.56 Å². The molecule has 19 heavy (non-hydrogen) atoms. The van der Waals surface area contributed by atoms with E-state index in [1.165, 1.54) is 12.8 Å².